The van der Waals surface area contributed by atoms with Gasteiger partial charge < -0.3 is 4.52 Å². The molecular weight excluding hydrogens is 302 g/mol. The molecule has 24 heavy (non-hydrogen) atoms. The van der Waals surface area contributed by atoms with Crippen molar-refractivity contribution >= 4 is 5.78 Å². The molecule has 1 unspecified atom stereocenters. The number of benzene rings is 1. The van der Waals surface area contributed by atoms with E-state index in [1.165, 1.54) is 0 Å². The van der Waals surface area contributed by atoms with Crippen LogP contribution in [0, 0.1) is 5.92 Å². The zero-order valence-electron chi connectivity index (χ0n) is 14.6. The van der Waals surface area contributed by atoms with E-state index in [1.807, 2.05) is 30.3 Å². The Labute approximate surface area is 143 Å². The Morgan fingerprint density at radius 3 is 2.42 bits per heavy atom. The monoisotopic (exact) mass is 327 g/mol. The second-order valence-electron chi connectivity index (χ2n) is 6.86. The number of likely N-dealkylation sites (tertiary alicyclic amines) is 1. The van der Waals surface area contributed by atoms with Gasteiger partial charge >= 0.3 is 0 Å². The van der Waals surface area contributed by atoms with Crippen molar-refractivity contribution in [2.75, 3.05) is 13.1 Å². The van der Waals surface area contributed by atoms with E-state index in [2.05, 4.69) is 35.8 Å². The SMILES string of the molecule is CC(C)c1noc(C(C)N2CCC(C(=O)c3ccccc3)CC2)n1. The summed E-state index contributed by atoms with van der Waals surface area (Å²) in [5.74, 6) is 2.08. The molecule has 0 spiro atoms. The van der Waals surface area contributed by atoms with Gasteiger partial charge in [0.1, 0.15) is 0 Å². The Kier molecular flexibility index (Phi) is 5.09. The maximum atomic E-state index is 12.6. The normalized spacial score (nSPS) is 18.0. The van der Waals surface area contributed by atoms with Gasteiger partial charge in [0.05, 0.1) is 6.04 Å². The lowest BCUT2D eigenvalue weighted by molar-refractivity contribution is 0.0774. The first kappa shape index (κ1) is 16.8. The Morgan fingerprint density at radius 1 is 1.17 bits per heavy atom. The topological polar surface area (TPSA) is 59.2 Å². The van der Waals surface area contributed by atoms with Crippen LogP contribution in [0.15, 0.2) is 34.9 Å². The molecular formula is C19H25N3O2. The van der Waals surface area contributed by atoms with Gasteiger partial charge in [0, 0.05) is 17.4 Å². The molecule has 2 heterocycles. The van der Waals surface area contributed by atoms with Crippen LogP contribution in [0.4, 0.5) is 0 Å². The number of rotatable bonds is 5. The summed E-state index contributed by atoms with van der Waals surface area (Å²) >= 11 is 0. The van der Waals surface area contributed by atoms with Gasteiger partial charge in [-0.05, 0) is 32.9 Å². The third kappa shape index (κ3) is 3.56. The molecule has 5 nitrogen and oxygen atoms in total. The van der Waals surface area contributed by atoms with Crippen LogP contribution in [0.1, 0.15) is 67.6 Å². The van der Waals surface area contributed by atoms with E-state index in [-0.39, 0.29) is 23.7 Å². The second kappa shape index (κ2) is 7.26. The summed E-state index contributed by atoms with van der Waals surface area (Å²) in [6.07, 6.45) is 1.76. The molecule has 1 aromatic carbocycles. The summed E-state index contributed by atoms with van der Waals surface area (Å²) in [5.41, 5.74) is 0.822. The van der Waals surface area contributed by atoms with E-state index in [1.54, 1.807) is 0 Å². The number of hydrogen-bond acceptors (Lipinski definition) is 5. The molecule has 1 saturated heterocycles. The largest absolute Gasteiger partial charge is 0.338 e. The van der Waals surface area contributed by atoms with Gasteiger partial charge in [-0.2, -0.15) is 4.98 Å². The lowest BCUT2D eigenvalue weighted by Gasteiger charge is -2.33. The van der Waals surface area contributed by atoms with Gasteiger partial charge in [-0.15, -0.1) is 0 Å². The molecule has 2 aromatic rings. The smallest absolute Gasteiger partial charge is 0.243 e. The van der Waals surface area contributed by atoms with E-state index in [9.17, 15) is 4.79 Å². The maximum absolute atomic E-state index is 12.6. The van der Waals surface area contributed by atoms with E-state index in [4.69, 9.17) is 4.52 Å². The first-order valence-corrected chi connectivity index (χ1v) is 8.73. The van der Waals surface area contributed by atoms with E-state index < -0.39 is 0 Å². The number of Topliss-reactive ketones (excluding diaryl/α,β-unsaturated/α-hetero) is 1. The summed E-state index contributed by atoms with van der Waals surface area (Å²) < 4.78 is 5.41. The summed E-state index contributed by atoms with van der Waals surface area (Å²) in [6, 6.07) is 9.69. The Bertz CT molecular complexity index is 673. The van der Waals surface area contributed by atoms with Gasteiger partial charge in [-0.1, -0.05) is 49.3 Å². The minimum absolute atomic E-state index is 0.0952. The van der Waals surface area contributed by atoms with Crippen molar-refractivity contribution in [3.63, 3.8) is 0 Å². The van der Waals surface area contributed by atoms with Gasteiger partial charge in [-0.3, -0.25) is 9.69 Å². The fourth-order valence-corrected chi connectivity index (χ4v) is 3.19. The van der Waals surface area contributed by atoms with Crippen LogP contribution in [0.2, 0.25) is 0 Å². The zero-order chi connectivity index (χ0) is 17.1. The quantitative estimate of drug-likeness (QED) is 0.781. The Balaban J connectivity index is 1.59. The number of ketones is 1. The highest BCUT2D eigenvalue weighted by molar-refractivity contribution is 5.97. The van der Waals surface area contributed by atoms with E-state index in [0.717, 1.165) is 37.3 Å². The number of aromatic nitrogens is 2. The van der Waals surface area contributed by atoms with E-state index >= 15 is 0 Å². The molecule has 1 fully saturated rings. The molecule has 1 atom stereocenters. The van der Waals surface area contributed by atoms with Crippen LogP contribution in [0.25, 0.3) is 0 Å². The average molecular weight is 327 g/mol. The fraction of sp³-hybridized carbons (Fsp3) is 0.526. The summed E-state index contributed by atoms with van der Waals surface area (Å²) in [7, 11) is 0. The highest BCUT2D eigenvalue weighted by Gasteiger charge is 2.30. The predicted molar refractivity (Wildman–Crippen MR) is 91.9 cm³/mol. The first-order valence-electron chi connectivity index (χ1n) is 8.73. The number of carbonyl (C=O) groups is 1. The van der Waals surface area contributed by atoms with Crippen LogP contribution in [-0.2, 0) is 0 Å². The van der Waals surface area contributed by atoms with Crippen molar-refractivity contribution in [1.82, 2.24) is 15.0 Å². The first-order chi connectivity index (χ1) is 11.6. The highest BCUT2D eigenvalue weighted by atomic mass is 16.5. The lowest BCUT2D eigenvalue weighted by atomic mass is 9.88. The number of carbonyl (C=O) groups excluding carboxylic acids is 1. The third-order valence-corrected chi connectivity index (χ3v) is 4.84. The minimum Gasteiger partial charge on any atom is -0.338 e. The minimum atomic E-state index is 0.0952. The fourth-order valence-electron chi connectivity index (χ4n) is 3.19. The average Bonchev–Trinajstić information content (AvgIpc) is 3.12. The van der Waals surface area contributed by atoms with Crippen LogP contribution in [0.5, 0.6) is 0 Å². The van der Waals surface area contributed by atoms with Crippen LogP contribution < -0.4 is 0 Å². The van der Waals surface area contributed by atoms with Gasteiger partial charge in [0.25, 0.3) is 0 Å². The maximum Gasteiger partial charge on any atom is 0.243 e. The molecule has 1 aliphatic rings. The zero-order valence-corrected chi connectivity index (χ0v) is 14.6. The third-order valence-electron chi connectivity index (χ3n) is 4.84. The molecule has 1 aromatic heterocycles. The van der Waals surface area contributed by atoms with Crippen molar-refractivity contribution in [2.24, 2.45) is 5.92 Å². The number of nitrogens with zero attached hydrogens (tertiary/aromatic N) is 3. The number of hydrogen-bond donors (Lipinski definition) is 0. The molecule has 5 heteroatoms. The summed E-state index contributed by atoms with van der Waals surface area (Å²) in [4.78, 5) is 19.4. The van der Waals surface area contributed by atoms with Gasteiger partial charge in [0.15, 0.2) is 11.6 Å². The van der Waals surface area contributed by atoms with Crippen LogP contribution >= 0.6 is 0 Å². The molecule has 0 amide bonds. The van der Waals surface area contributed by atoms with E-state index in [0.29, 0.717) is 5.89 Å². The molecule has 3 rings (SSSR count). The Hall–Kier alpha value is -2.01. The van der Waals surface area contributed by atoms with Crippen LogP contribution in [-0.4, -0.2) is 33.9 Å². The second-order valence-corrected chi connectivity index (χ2v) is 6.86. The predicted octanol–water partition coefficient (Wildman–Crippen LogP) is 3.85. The molecule has 0 N–H and O–H groups in total. The lowest BCUT2D eigenvalue weighted by Crippen LogP contribution is -2.38. The van der Waals surface area contributed by atoms with Crippen molar-refractivity contribution in [3.8, 4) is 0 Å². The summed E-state index contributed by atoms with van der Waals surface area (Å²) in [5, 5.41) is 4.05. The summed E-state index contributed by atoms with van der Waals surface area (Å²) in [6.45, 7) is 7.96. The Morgan fingerprint density at radius 2 is 1.83 bits per heavy atom. The van der Waals surface area contributed by atoms with Crippen molar-refractivity contribution in [2.45, 2.75) is 45.6 Å². The molecule has 0 aliphatic carbocycles. The van der Waals surface area contributed by atoms with Gasteiger partial charge in [-0.25, -0.2) is 0 Å². The van der Waals surface area contributed by atoms with Crippen LogP contribution in [0.3, 0.4) is 0 Å². The molecule has 128 valence electrons. The highest BCUT2D eigenvalue weighted by Crippen LogP contribution is 2.28. The van der Waals surface area contributed by atoms with Crippen molar-refractivity contribution in [3.05, 3.63) is 47.6 Å². The molecule has 0 saturated carbocycles. The number of piperidine rings is 1. The molecule has 0 bridgehead atoms. The van der Waals surface area contributed by atoms with Crippen molar-refractivity contribution < 1.29 is 9.32 Å². The van der Waals surface area contributed by atoms with Gasteiger partial charge in [0.2, 0.25) is 5.89 Å². The van der Waals surface area contributed by atoms with Crippen molar-refractivity contribution in [1.29, 1.82) is 0 Å². The standard InChI is InChI=1S/C19H25N3O2/c1-13(2)18-20-19(24-21-18)14(3)22-11-9-16(10-12-22)17(23)15-7-5-4-6-8-15/h4-8,13-14,16H,9-12H2,1-3H3. The molecule has 0 radical (unpaired) electrons. The molecule has 1 aliphatic heterocycles.